The van der Waals surface area contributed by atoms with Crippen LogP contribution < -0.4 is 19.6 Å². The summed E-state index contributed by atoms with van der Waals surface area (Å²) in [7, 11) is 0. The van der Waals surface area contributed by atoms with E-state index in [1.54, 1.807) is 11.5 Å². The summed E-state index contributed by atoms with van der Waals surface area (Å²) in [5.74, 6) is 0.470. The van der Waals surface area contributed by atoms with Gasteiger partial charge < -0.3 is 9.47 Å². The highest BCUT2D eigenvalue weighted by Crippen LogP contribution is 2.35. The second-order valence-corrected chi connectivity index (χ2v) is 12.7. The zero-order chi connectivity index (χ0) is 32.2. The van der Waals surface area contributed by atoms with Crippen molar-refractivity contribution in [3.8, 4) is 5.75 Å². The van der Waals surface area contributed by atoms with Crippen molar-refractivity contribution in [2.45, 2.75) is 39.3 Å². The van der Waals surface area contributed by atoms with Crippen molar-refractivity contribution in [2.75, 3.05) is 6.61 Å². The van der Waals surface area contributed by atoms with E-state index >= 15 is 0 Å². The van der Waals surface area contributed by atoms with E-state index in [4.69, 9.17) is 26.1 Å². The van der Waals surface area contributed by atoms with Gasteiger partial charge in [0.25, 0.3) is 5.56 Å². The van der Waals surface area contributed by atoms with Crippen LogP contribution >= 0.6 is 22.9 Å². The smallest absolute Gasteiger partial charge is 0.338 e. The van der Waals surface area contributed by atoms with E-state index in [2.05, 4.69) is 26.0 Å². The molecule has 0 fully saturated rings. The molecule has 4 aromatic carbocycles. The number of para-hydroxylation sites is 1. The van der Waals surface area contributed by atoms with Crippen molar-refractivity contribution < 1.29 is 14.3 Å². The number of ether oxygens (including phenoxy) is 2. The molecule has 0 saturated heterocycles. The Labute approximate surface area is 276 Å². The van der Waals surface area contributed by atoms with Crippen LogP contribution in [0.15, 0.2) is 118 Å². The zero-order valence-corrected chi connectivity index (χ0v) is 27.3. The number of nitrogens with zero attached hydrogens (tertiary/aromatic N) is 2. The van der Waals surface area contributed by atoms with Crippen LogP contribution in [0.1, 0.15) is 60.5 Å². The Kier molecular flexibility index (Phi) is 9.33. The number of halogens is 1. The average Bonchev–Trinajstić information content (AvgIpc) is 3.38. The molecule has 6 nitrogen and oxygen atoms in total. The largest absolute Gasteiger partial charge is 0.488 e. The average molecular weight is 649 g/mol. The zero-order valence-electron chi connectivity index (χ0n) is 25.8. The maximum atomic E-state index is 14.3. The fourth-order valence-electron chi connectivity index (χ4n) is 5.43. The first kappa shape index (κ1) is 31.3. The van der Waals surface area contributed by atoms with Crippen LogP contribution in [0.4, 0.5) is 0 Å². The summed E-state index contributed by atoms with van der Waals surface area (Å²) in [6.07, 6.45) is 1.83. The highest BCUT2D eigenvalue weighted by atomic mass is 35.5. The van der Waals surface area contributed by atoms with Gasteiger partial charge in [0.1, 0.15) is 12.4 Å². The third-order valence-electron chi connectivity index (χ3n) is 7.81. The molecular weight excluding hydrogens is 616 g/mol. The molecule has 1 aliphatic rings. The summed E-state index contributed by atoms with van der Waals surface area (Å²) in [6.45, 7) is 6.58. The summed E-state index contributed by atoms with van der Waals surface area (Å²) >= 11 is 7.33. The van der Waals surface area contributed by atoms with Crippen LogP contribution in [0.25, 0.3) is 11.8 Å². The van der Waals surface area contributed by atoms with E-state index in [-0.39, 0.29) is 12.2 Å². The molecule has 2 heterocycles. The number of rotatable bonds is 9. The van der Waals surface area contributed by atoms with Crippen LogP contribution in [0, 0.1) is 0 Å². The molecule has 0 amide bonds. The molecule has 1 atom stereocenters. The number of fused-ring (bicyclic) bond motifs is 1. The Hall–Kier alpha value is -4.72. The van der Waals surface area contributed by atoms with Gasteiger partial charge in [-0.25, -0.2) is 9.79 Å². The van der Waals surface area contributed by atoms with E-state index < -0.39 is 12.0 Å². The first-order valence-electron chi connectivity index (χ1n) is 15.2. The number of aromatic nitrogens is 1. The van der Waals surface area contributed by atoms with Crippen molar-refractivity contribution in [3.05, 3.63) is 161 Å². The quantitative estimate of drug-likeness (QED) is 0.157. The van der Waals surface area contributed by atoms with Crippen LogP contribution in [0.2, 0.25) is 5.02 Å². The number of benzene rings is 4. The summed E-state index contributed by atoms with van der Waals surface area (Å²) in [5.41, 5.74) is 5.05. The molecule has 0 spiro atoms. The highest BCUT2D eigenvalue weighted by molar-refractivity contribution is 7.07. The predicted octanol–water partition coefficient (Wildman–Crippen LogP) is 7.29. The standard InChI is InChI=1S/C38H33ClN2O4S/c1-4-44-37(43)33-34(27-10-6-5-7-11-27)40-38-41(35(33)28-18-16-26(17-19-28)24(2)3)36(42)32(46-38)22-29-12-8-9-13-31(29)45-23-25-14-20-30(39)21-15-25/h5-22,24,35H,4,23H2,1-3H3/b32-22+/t35-/m0/s1. The van der Waals surface area contributed by atoms with Crippen molar-refractivity contribution in [2.24, 2.45) is 4.99 Å². The minimum Gasteiger partial charge on any atom is -0.488 e. The van der Waals surface area contributed by atoms with Crippen LogP contribution in [-0.2, 0) is 16.1 Å². The molecule has 8 heteroatoms. The lowest BCUT2D eigenvalue weighted by molar-refractivity contribution is -0.138. The third kappa shape index (κ3) is 6.48. The Bertz CT molecular complexity index is 2080. The number of thiazole rings is 1. The Morgan fingerprint density at radius 2 is 1.65 bits per heavy atom. The molecule has 0 saturated carbocycles. The van der Waals surface area contributed by atoms with Crippen molar-refractivity contribution in [1.29, 1.82) is 0 Å². The van der Waals surface area contributed by atoms with E-state index in [0.717, 1.165) is 27.8 Å². The molecule has 0 unspecified atom stereocenters. The molecule has 0 bridgehead atoms. The first-order valence-corrected chi connectivity index (χ1v) is 16.4. The SMILES string of the molecule is CCOC(=O)C1=C(c2ccccc2)N=c2s/c(=C/c3ccccc3OCc3ccc(Cl)cc3)c(=O)n2[C@H]1c1ccc(C(C)C)cc1. The molecule has 0 aliphatic carbocycles. The van der Waals surface area contributed by atoms with Crippen molar-refractivity contribution in [3.63, 3.8) is 0 Å². The lowest BCUT2D eigenvalue weighted by Gasteiger charge is -2.26. The van der Waals surface area contributed by atoms with E-state index in [9.17, 15) is 9.59 Å². The monoisotopic (exact) mass is 648 g/mol. The van der Waals surface area contributed by atoms with Gasteiger partial charge in [-0.1, -0.05) is 122 Å². The molecule has 6 rings (SSSR count). The molecule has 1 aromatic heterocycles. The number of esters is 1. The van der Waals surface area contributed by atoms with Gasteiger partial charge in [0.2, 0.25) is 0 Å². The van der Waals surface area contributed by atoms with Crippen LogP contribution in [0.5, 0.6) is 5.75 Å². The predicted molar refractivity (Wildman–Crippen MR) is 184 cm³/mol. The number of hydrogen-bond donors (Lipinski definition) is 0. The Balaban J connectivity index is 1.52. The summed E-state index contributed by atoms with van der Waals surface area (Å²) in [5, 5.41) is 0.662. The minimum absolute atomic E-state index is 0.195. The highest BCUT2D eigenvalue weighted by Gasteiger charge is 2.35. The van der Waals surface area contributed by atoms with Gasteiger partial charge in [-0.15, -0.1) is 0 Å². The molecule has 46 heavy (non-hydrogen) atoms. The lowest BCUT2D eigenvalue weighted by atomic mass is 9.91. The molecule has 0 N–H and O–H groups in total. The number of carbonyl (C=O) groups is 1. The fraction of sp³-hybridized carbons (Fsp3) is 0.184. The maximum absolute atomic E-state index is 14.3. The van der Waals surface area contributed by atoms with E-state index in [1.165, 1.54) is 11.3 Å². The lowest BCUT2D eigenvalue weighted by Crippen LogP contribution is -2.40. The second kappa shape index (κ2) is 13.7. The van der Waals surface area contributed by atoms with Crippen LogP contribution in [-0.4, -0.2) is 17.1 Å². The van der Waals surface area contributed by atoms with E-state index in [0.29, 0.717) is 43.9 Å². The second-order valence-electron chi connectivity index (χ2n) is 11.2. The fourth-order valence-corrected chi connectivity index (χ4v) is 6.55. The topological polar surface area (TPSA) is 69.9 Å². The number of hydrogen-bond acceptors (Lipinski definition) is 6. The molecule has 5 aromatic rings. The van der Waals surface area contributed by atoms with Crippen molar-refractivity contribution >= 4 is 40.7 Å². The summed E-state index contributed by atoms with van der Waals surface area (Å²) in [6, 6.07) is 32.0. The van der Waals surface area contributed by atoms with Crippen LogP contribution in [0.3, 0.4) is 0 Å². The van der Waals surface area contributed by atoms with Crippen molar-refractivity contribution in [1.82, 2.24) is 4.57 Å². The maximum Gasteiger partial charge on any atom is 0.338 e. The Morgan fingerprint density at radius 1 is 0.957 bits per heavy atom. The van der Waals surface area contributed by atoms with Gasteiger partial charge in [0.15, 0.2) is 4.80 Å². The third-order valence-corrected chi connectivity index (χ3v) is 9.04. The van der Waals surface area contributed by atoms with Gasteiger partial charge in [0, 0.05) is 16.1 Å². The minimum atomic E-state index is -0.731. The summed E-state index contributed by atoms with van der Waals surface area (Å²) in [4.78, 5) is 33.5. The van der Waals surface area contributed by atoms with E-state index in [1.807, 2.05) is 97.1 Å². The Morgan fingerprint density at radius 3 is 2.35 bits per heavy atom. The molecule has 232 valence electrons. The summed E-state index contributed by atoms with van der Waals surface area (Å²) < 4.78 is 13.9. The molecule has 1 aliphatic heterocycles. The van der Waals surface area contributed by atoms with Gasteiger partial charge in [0.05, 0.1) is 28.5 Å². The first-order chi connectivity index (χ1) is 22.3. The number of carbonyl (C=O) groups excluding carboxylic acids is 1. The van der Waals surface area contributed by atoms with Gasteiger partial charge in [-0.3, -0.25) is 9.36 Å². The van der Waals surface area contributed by atoms with Gasteiger partial charge in [-0.05, 0) is 53.8 Å². The normalized spacial score (nSPS) is 14.6. The molecule has 0 radical (unpaired) electrons. The van der Waals surface area contributed by atoms with Gasteiger partial charge >= 0.3 is 5.97 Å². The molecular formula is C38H33ClN2O4S. The van der Waals surface area contributed by atoms with Gasteiger partial charge in [-0.2, -0.15) is 0 Å².